The third-order valence-corrected chi connectivity index (χ3v) is 4.82. The number of fused-ring (bicyclic) bond motifs is 1. The Morgan fingerprint density at radius 1 is 1.20 bits per heavy atom. The molecule has 0 unspecified atom stereocenters. The Kier molecular flexibility index (Phi) is 3.82. The number of aromatic nitrogens is 4. The summed E-state index contributed by atoms with van der Waals surface area (Å²) in [5.41, 5.74) is 3.94. The predicted octanol–water partition coefficient (Wildman–Crippen LogP) is 4.07. The number of hydrogen-bond acceptors (Lipinski definition) is 3. The van der Waals surface area contributed by atoms with Gasteiger partial charge in [-0.3, -0.25) is 19.0 Å². The maximum absolute atomic E-state index is 13.5. The van der Waals surface area contributed by atoms with Gasteiger partial charge in [0.05, 0.1) is 18.6 Å². The van der Waals surface area contributed by atoms with Crippen LogP contribution in [0, 0.1) is 11.2 Å². The van der Waals surface area contributed by atoms with Crippen molar-refractivity contribution >= 4 is 0 Å². The van der Waals surface area contributed by atoms with Crippen LogP contribution in [0.1, 0.15) is 19.0 Å². The fourth-order valence-corrected chi connectivity index (χ4v) is 3.37. The lowest BCUT2D eigenvalue weighted by Crippen LogP contribution is -2.32. The number of hydrogen-bond donors (Lipinski definition) is 0. The first-order chi connectivity index (χ1) is 12.1. The highest BCUT2D eigenvalue weighted by Gasteiger charge is 2.34. The van der Waals surface area contributed by atoms with Crippen molar-refractivity contribution in [2.45, 2.75) is 26.3 Å². The fraction of sp³-hybridized carbons (Fsp3) is 0.316. The van der Waals surface area contributed by atoms with Crippen molar-refractivity contribution in [3.05, 3.63) is 54.4 Å². The molecule has 0 N–H and O–H groups in total. The molecule has 0 aliphatic carbocycles. The quantitative estimate of drug-likeness (QED) is 0.722. The van der Waals surface area contributed by atoms with Gasteiger partial charge in [-0.2, -0.15) is 5.10 Å². The highest BCUT2D eigenvalue weighted by Crippen LogP contribution is 2.40. The molecule has 25 heavy (non-hydrogen) atoms. The molecule has 1 aliphatic heterocycles. The van der Waals surface area contributed by atoms with E-state index in [0.29, 0.717) is 17.9 Å². The van der Waals surface area contributed by atoms with Crippen LogP contribution in [0.15, 0.2) is 42.9 Å². The van der Waals surface area contributed by atoms with Crippen LogP contribution in [0.2, 0.25) is 0 Å². The molecule has 6 heteroatoms. The second-order valence-corrected chi connectivity index (χ2v) is 6.87. The summed E-state index contributed by atoms with van der Waals surface area (Å²) in [5.74, 6) is -0.386. The van der Waals surface area contributed by atoms with E-state index in [1.54, 1.807) is 18.5 Å². The van der Waals surface area contributed by atoms with Crippen LogP contribution in [0.3, 0.4) is 0 Å². The van der Waals surface area contributed by atoms with Crippen LogP contribution in [0.4, 0.5) is 8.78 Å². The minimum Gasteiger partial charge on any atom is -0.268 e. The molecule has 4 rings (SSSR count). The molecule has 0 radical (unpaired) electrons. The minimum atomic E-state index is -0.401. The highest BCUT2D eigenvalue weighted by molar-refractivity contribution is 5.81. The van der Waals surface area contributed by atoms with Gasteiger partial charge in [0.1, 0.15) is 11.5 Å². The van der Waals surface area contributed by atoms with Gasteiger partial charge in [-0.15, -0.1) is 0 Å². The second kappa shape index (κ2) is 6.02. The number of nitrogens with zero attached hydrogens (tertiary/aromatic N) is 4. The van der Waals surface area contributed by atoms with E-state index in [-0.39, 0.29) is 12.5 Å². The zero-order valence-electron chi connectivity index (χ0n) is 13.9. The zero-order valence-corrected chi connectivity index (χ0v) is 13.9. The topological polar surface area (TPSA) is 43.6 Å². The number of halogens is 2. The molecule has 1 aliphatic rings. The van der Waals surface area contributed by atoms with Crippen molar-refractivity contribution in [1.82, 2.24) is 19.7 Å². The lowest BCUT2D eigenvalue weighted by Gasteiger charge is -2.31. The lowest BCUT2D eigenvalue weighted by molar-refractivity contribution is 0.155. The van der Waals surface area contributed by atoms with Crippen LogP contribution in [0.5, 0.6) is 0 Å². The first kappa shape index (κ1) is 15.9. The molecule has 0 amide bonds. The van der Waals surface area contributed by atoms with Gasteiger partial charge in [-0.25, -0.2) is 4.39 Å². The molecule has 0 spiro atoms. The van der Waals surface area contributed by atoms with Crippen LogP contribution in [0.25, 0.3) is 22.5 Å². The number of rotatable bonds is 3. The first-order valence-electron chi connectivity index (χ1n) is 8.28. The minimum absolute atomic E-state index is 0.374. The lowest BCUT2D eigenvalue weighted by atomic mass is 9.82. The van der Waals surface area contributed by atoms with Crippen molar-refractivity contribution in [2.75, 3.05) is 6.67 Å². The van der Waals surface area contributed by atoms with E-state index < -0.39 is 5.41 Å². The Bertz CT molecular complexity index is 890. The summed E-state index contributed by atoms with van der Waals surface area (Å²) in [6.45, 7) is 2.10. The van der Waals surface area contributed by atoms with Gasteiger partial charge in [0, 0.05) is 35.6 Å². The van der Waals surface area contributed by atoms with E-state index in [2.05, 4.69) is 9.97 Å². The summed E-state index contributed by atoms with van der Waals surface area (Å²) >= 11 is 0. The number of pyridine rings is 2. The van der Waals surface area contributed by atoms with Crippen molar-refractivity contribution in [3.8, 4) is 22.5 Å². The molecule has 1 atom stereocenters. The average Bonchev–Trinajstić information content (AvgIpc) is 3.01. The van der Waals surface area contributed by atoms with Crippen molar-refractivity contribution in [1.29, 1.82) is 0 Å². The molecule has 0 fully saturated rings. The molecule has 128 valence electrons. The summed E-state index contributed by atoms with van der Waals surface area (Å²) in [5, 5.41) is 4.72. The van der Waals surface area contributed by atoms with Gasteiger partial charge in [0.25, 0.3) is 0 Å². The molecule has 4 nitrogen and oxygen atoms in total. The van der Waals surface area contributed by atoms with E-state index in [4.69, 9.17) is 5.10 Å². The highest BCUT2D eigenvalue weighted by atomic mass is 19.1. The predicted molar refractivity (Wildman–Crippen MR) is 91.1 cm³/mol. The van der Waals surface area contributed by atoms with Crippen LogP contribution >= 0.6 is 0 Å². The normalized spacial score (nSPS) is 19.6. The summed E-state index contributed by atoms with van der Waals surface area (Å²) in [6, 6.07) is 6.85. The molecular weight excluding hydrogens is 322 g/mol. The average molecular weight is 340 g/mol. The molecule has 3 aromatic rings. The van der Waals surface area contributed by atoms with E-state index in [1.165, 1.54) is 12.3 Å². The van der Waals surface area contributed by atoms with Crippen LogP contribution in [-0.4, -0.2) is 26.4 Å². The summed E-state index contributed by atoms with van der Waals surface area (Å²) in [4.78, 5) is 8.27. The summed E-state index contributed by atoms with van der Waals surface area (Å²) in [6.07, 6.45) is 6.16. The smallest absolute Gasteiger partial charge is 0.141 e. The van der Waals surface area contributed by atoms with Crippen LogP contribution < -0.4 is 0 Å². The van der Waals surface area contributed by atoms with Gasteiger partial charge < -0.3 is 0 Å². The third-order valence-electron chi connectivity index (χ3n) is 4.82. The van der Waals surface area contributed by atoms with Crippen LogP contribution in [-0.2, 0) is 13.0 Å². The van der Waals surface area contributed by atoms with Gasteiger partial charge in [0.2, 0.25) is 0 Å². The van der Waals surface area contributed by atoms with Crippen molar-refractivity contribution in [3.63, 3.8) is 0 Å². The van der Waals surface area contributed by atoms with Gasteiger partial charge in [-0.1, -0.05) is 6.92 Å². The Morgan fingerprint density at radius 3 is 2.68 bits per heavy atom. The molecule has 0 saturated carbocycles. The van der Waals surface area contributed by atoms with Gasteiger partial charge >= 0.3 is 0 Å². The van der Waals surface area contributed by atoms with Gasteiger partial charge in [-0.05, 0) is 42.7 Å². The van der Waals surface area contributed by atoms with E-state index in [1.807, 2.05) is 23.7 Å². The molecule has 4 heterocycles. The summed E-state index contributed by atoms with van der Waals surface area (Å²) in [7, 11) is 0. The second-order valence-electron chi connectivity index (χ2n) is 6.87. The standard InChI is InChI=1S/C19H18F2N4/c1-19(11-20)7-4-16-17(13-5-8-22-9-6-13)18(24-25(16)12-19)15-3-2-14(21)10-23-15/h2-3,5-6,8-10H,4,7,11-12H2,1H3/t19-/m0/s1. The van der Waals surface area contributed by atoms with Gasteiger partial charge in [0.15, 0.2) is 0 Å². The summed E-state index contributed by atoms with van der Waals surface area (Å²) < 4.78 is 28.6. The molecule has 0 saturated heterocycles. The molecule has 3 aromatic heterocycles. The molecule has 0 bridgehead atoms. The Hall–Kier alpha value is -2.63. The Labute approximate surface area is 144 Å². The van der Waals surface area contributed by atoms with Crippen molar-refractivity contribution in [2.24, 2.45) is 5.41 Å². The zero-order chi connectivity index (χ0) is 17.4. The maximum atomic E-state index is 13.5. The monoisotopic (exact) mass is 340 g/mol. The Balaban J connectivity index is 1.90. The largest absolute Gasteiger partial charge is 0.268 e. The molecule has 0 aromatic carbocycles. The van der Waals surface area contributed by atoms with E-state index in [0.717, 1.165) is 29.7 Å². The Morgan fingerprint density at radius 2 is 2.00 bits per heavy atom. The first-order valence-corrected chi connectivity index (χ1v) is 8.28. The van der Waals surface area contributed by atoms with E-state index >= 15 is 0 Å². The fourth-order valence-electron chi connectivity index (χ4n) is 3.37. The van der Waals surface area contributed by atoms with E-state index in [9.17, 15) is 8.78 Å². The maximum Gasteiger partial charge on any atom is 0.141 e. The molecular formula is C19H18F2N4. The SMILES string of the molecule is C[C@@]1(CF)CCc2c(-c3ccncc3)c(-c3ccc(F)cn3)nn2C1. The third kappa shape index (κ3) is 2.81. The number of alkyl halides is 1. The van der Waals surface area contributed by atoms with Crippen molar-refractivity contribution < 1.29 is 8.78 Å².